The summed E-state index contributed by atoms with van der Waals surface area (Å²) in [6.45, 7) is 27.1. The number of carboxylic acids is 1. The van der Waals surface area contributed by atoms with Crippen LogP contribution in [0.1, 0.15) is 260 Å². The van der Waals surface area contributed by atoms with Gasteiger partial charge in [-0.05, 0) is 130 Å². The lowest BCUT2D eigenvalue weighted by molar-refractivity contribution is -0.140. The van der Waals surface area contributed by atoms with Gasteiger partial charge < -0.3 is 53.2 Å². The van der Waals surface area contributed by atoms with Gasteiger partial charge in [0, 0.05) is 108 Å². The van der Waals surface area contributed by atoms with Crippen molar-refractivity contribution in [3.05, 3.63) is 306 Å². The molecule has 0 aliphatic rings. The highest BCUT2D eigenvalue weighted by Gasteiger charge is 2.40. The molecule has 0 amide bonds. The number of halogens is 24. The standard InChI is InChI=1S/C16H16F3NO.C12H17F3N2O.C11H15F3N2O.C11H12F3NO3.C11H14F3NO.C10H13F3N2O.C10H12F3NO2.C10H12F3NO/c1-11(2)14-8-13(16(17,18)19)10-20(15(14)21)9-12-6-4-3-5-7-12;1-8(2)10-5-9(12(13,14)15)6-17(11(10)18)7-16(3)4;1-7(2)9-4-8(11(12,13)14)5-16(6-15-3)10(9)17;1-6(2)8-3-7(11(12,13)14)4-15(10(8)18)5-9(16)17;1-4-15-6-8(11(12,13)14)5-9(7(2)3)10(15)16;1-6(2)8-3-7(10(11,12)13)4-15(5-14)9(8)16;1-6(2)8-3-7(10(11,12)13)4-14(5-15)9(8)16;1-6(2)8-4-7(10(11,12)13)5-14(3)9(8)15/h3-8,10-11H,9H2,1-2H3;5-6,8H,7H2,1-4H3;4-5,7,15H,6H2,1-3H3;3-4,6H,5H2,1-2H3,(H,16,17);5-7H,4H2,1-3H3;3-4,6H,5,14H2,1-2H3;3-4,6,15H,5H2,1-2H3;4-6H,1-3H3. The predicted octanol–water partition coefficient (Wildman–Crippen LogP) is 20.2. The van der Waals surface area contributed by atoms with E-state index in [0.29, 0.717) is 21.5 Å². The lowest BCUT2D eigenvalue weighted by atomic mass is 10.0. The van der Waals surface area contributed by atoms with Crippen LogP contribution in [-0.4, -0.2) is 78.8 Å². The van der Waals surface area contributed by atoms with Gasteiger partial charge in [0.25, 0.3) is 44.5 Å². The van der Waals surface area contributed by atoms with Gasteiger partial charge >= 0.3 is 55.4 Å². The first-order valence-corrected chi connectivity index (χ1v) is 41.7. The number of carbonyl (C=O) groups is 1. The molecule has 0 spiro atoms. The summed E-state index contributed by atoms with van der Waals surface area (Å²) in [7, 11) is 6.29. The van der Waals surface area contributed by atoms with Crippen LogP contribution in [0.3, 0.4) is 0 Å². The largest absolute Gasteiger partial charge is 0.480 e. The number of rotatable bonds is 19. The minimum Gasteiger partial charge on any atom is -0.480 e. The van der Waals surface area contributed by atoms with E-state index >= 15 is 0 Å². The molecular formula is C91H111F24N11O11. The third-order valence-corrected chi connectivity index (χ3v) is 19.6. The number of aryl methyl sites for hydroxylation is 2. The predicted molar refractivity (Wildman–Crippen MR) is 467 cm³/mol. The van der Waals surface area contributed by atoms with Gasteiger partial charge in [0.05, 0.1) is 71.1 Å². The Bertz CT molecular complexity index is 5800. The molecule has 0 atom stereocenters. The van der Waals surface area contributed by atoms with Crippen LogP contribution in [0.4, 0.5) is 105 Å². The molecule has 5 N–H and O–H groups in total. The summed E-state index contributed by atoms with van der Waals surface area (Å²) < 4.78 is 310. The number of nitrogens with zero attached hydrogens (tertiary/aromatic N) is 9. The van der Waals surface area contributed by atoms with Crippen molar-refractivity contribution < 1.29 is 120 Å². The maximum atomic E-state index is 13.0. The second-order valence-corrected chi connectivity index (χ2v) is 33.6. The number of hydrogen-bond acceptors (Lipinski definition) is 13. The first kappa shape index (κ1) is 122. The summed E-state index contributed by atoms with van der Waals surface area (Å²) in [5.41, 5.74) is -3.26. The smallest absolute Gasteiger partial charge is 0.417 e. The molecule has 22 nitrogen and oxygen atoms in total. The van der Waals surface area contributed by atoms with E-state index in [1.807, 2.05) is 6.07 Å². The summed E-state index contributed by atoms with van der Waals surface area (Å²) in [5, 5.41) is 20.0. The maximum Gasteiger partial charge on any atom is 0.417 e. The van der Waals surface area contributed by atoms with Crippen molar-refractivity contribution in [2.75, 3.05) is 21.1 Å². The number of nitrogens with one attached hydrogen (secondary N) is 1. The van der Waals surface area contributed by atoms with Crippen LogP contribution in [0, 0.1) is 0 Å². The number of pyridine rings is 8. The monoisotopic (exact) mass is 1990 g/mol. The zero-order valence-electron chi connectivity index (χ0n) is 78.4. The second kappa shape index (κ2) is 50.2. The number of alkyl halides is 24. The quantitative estimate of drug-likeness (QED) is 0.0548. The number of aliphatic carboxylic acids is 1. The molecule has 137 heavy (non-hydrogen) atoms. The minimum absolute atomic E-state index is 0.0453. The van der Waals surface area contributed by atoms with Gasteiger partial charge in [0.15, 0.2) is 0 Å². The van der Waals surface area contributed by atoms with Gasteiger partial charge in [0.1, 0.15) is 13.3 Å². The van der Waals surface area contributed by atoms with Crippen molar-refractivity contribution in [3.8, 4) is 0 Å². The van der Waals surface area contributed by atoms with Crippen molar-refractivity contribution in [3.63, 3.8) is 0 Å². The minimum atomic E-state index is -4.61. The molecule has 0 saturated heterocycles. The summed E-state index contributed by atoms with van der Waals surface area (Å²) >= 11 is 0. The molecule has 0 bridgehead atoms. The summed E-state index contributed by atoms with van der Waals surface area (Å²) in [4.78, 5) is 106. The van der Waals surface area contributed by atoms with E-state index < -0.39 is 136 Å². The Morgan fingerprint density at radius 1 is 0.343 bits per heavy atom. The lowest BCUT2D eigenvalue weighted by Crippen LogP contribution is -2.31. The molecule has 1 aromatic carbocycles. The summed E-state index contributed by atoms with van der Waals surface area (Å²) in [6.07, 6.45) is -29.6. The van der Waals surface area contributed by atoms with Gasteiger partial charge in [-0.3, -0.25) is 52.6 Å². The van der Waals surface area contributed by atoms with Crippen LogP contribution in [0.5, 0.6) is 0 Å². The molecule has 8 aromatic heterocycles. The maximum absolute atomic E-state index is 13.0. The van der Waals surface area contributed by atoms with Gasteiger partial charge in [-0.15, -0.1) is 0 Å². The molecule has 46 heteroatoms. The Labute approximate surface area is 770 Å². The number of aliphatic hydroxyl groups is 1. The van der Waals surface area contributed by atoms with E-state index in [0.717, 1.165) is 119 Å². The van der Waals surface area contributed by atoms with E-state index in [1.54, 1.807) is 168 Å². The zero-order chi connectivity index (χ0) is 106. The van der Waals surface area contributed by atoms with Crippen molar-refractivity contribution in [1.82, 2.24) is 46.8 Å². The van der Waals surface area contributed by atoms with Crippen LogP contribution in [0.25, 0.3) is 0 Å². The van der Waals surface area contributed by atoms with Crippen LogP contribution in [-0.2, 0) is 108 Å². The Kier molecular flexibility index (Phi) is 44.5. The molecule has 0 saturated carbocycles. The highest BCUT2D eigenvalue weighted by Crippen LogP contribution is 2.38. The zero-order valence-corrected chi connectivity index (χ0v) is 78.4. The van der Waals surface area contributed by atoms with Crippen LogP contribution >= 0.6 is 0 Å². The molecule has 9 aromatic rings. The number of nitrogens with two attached hydrogens (primary N) is 1. The fraction of sp³-hybridized carbons (Fsp3) is 0.484. The average molecular weight is 1990 g/mol. The molecular weight excluding hydrogens is 1880 g/mol. The molecule has 0 radical (unpaired) electrons. The van der Waals surface area contributed by atoms with Gasteiger partial charge in [-0.1, -0.05) is 141 Å². The van der Waals surface area contributed by atoms with E-state index in [2.05, 4.69) is 5.32 Å². The van der Waals surface area contributed by atoms with Gasteiger partial charge in [0.2, 0.25) is 0 Å². The number of hydrogen-bond donors (Lipinski definition) is 4. The van der Waals surface area contributed by atoms with Crippen molar-refractivity contribution in [1.29, 1.82) is 0 Å². The van der Waals surface area contributed by atoms with Crippen molar-refractivity contribution in [2.24, 2.45) is 12.8 Å². The first-order valence-electron chi connectivity index (χ1n) is 41.7. The molecule has 0 fully saturated rings. The number of carboxylic acid groups (broad SMARTS) is 1. The number of aliphatic hydroxyl groups excluding tert-OH is 1. The lowest BCUT2D eigenvalue weighted by Gasteiger charge is -2.17. The van der Waals surface area contributed by atoms with E-state index in [-0.39, 0.29) is 147 Å². The molecule has 0 aliphatic heterocycles. The average Bonchev–Trinajstić information content (AvgIpc) is 0.800. The summed E-state index contributed by atoms with van der Waals surface area (Å²) in [5.74, 6) is -3.56. The van der Waals surface area contributed by atoms with Gasteiger partial charge in [-0.25, -0.2) is 0 Å². The Hall–Kier alpha value is -11.6. The number of benzene rings is 1. The molecule has 0 unspecified atom stereocenters. The van der Waals surface area contributed by atoms with Crippen molar-refractivity contribution in [2.45, 2.75) is 261 Å². The highest BCUT2D eigenvalue weighted by atomic mass is 19.4. The molecule has 8 heterocycles. The topological polar surface area (TPSA) is 275 Å². The van der Waals surface area contributed by atoms with Crippen molar-refractivity contribution >= 4 is 5.97 Å². The fourth-order valence-electron chi connectivity index (χ4n) is 12.2. The summed E-state index contributed by atoms with van der Waals surface area (Å²) in [6, 6.07) is 16.1. The Morgan fingerprint density at radius 3 is 0.839 bits per heavy atom. The van der Waals surface area contributed by atoms with Crippen LogP contribution < -0.4 is 55.5 Å². The van der Waals surface area contributed by atoms with Crippen LogP contribution in [0.2, 0.25) is 0 Å². The Balaban J connectivity index is 0.000000531. The normalized spacial score (nSPS) is 12.1. The molecule has 764 valence electrons. The van der Waals surface area contributed by atoms with Crippen LogP contribution in [0.15, 0.2) is 167 Å². The molecule has 9 rings (SSSR count). The van der Waals surface area contributed by atoms with E-state index in [9.17, 15) is 149 Å². The third kappa shape index (κ3) is 36.7. The SMILES string of the molecule is CC(C)c1cc(C(F)(F)F)cn(C)c1=O.CC(C)c1cc(C(F)(F)F)cn(CC(=O)O)c1=O.CC(C)c1cc(C(F)(F)F)cn(CN(C)C)c1=O.CC(C)c1cc(C(F)(F)F)cn(CN)c1=O.CC(C)c1cc(C(F)(F)F)cn(CO)c1=O.CC(C)c1cc(C(F)(F)F)cn(Cc2ccccc2)c1=O.CCn1cc(C(F)(F)F)cc(C(C)C)c1=O.CNCn1cc(C(F)(F)F)cc(C(C)C)c1=O. The van der Waals surface area contributed by atoms with E-state index in [4.69, 9.17) is 15.9 Å². The Morgan fingerprint density at radius 2 is 0.569 bits per heavy atom. The second-order valence-electron chi connectivity index (χ2n) is 33.6. The molecule has 0 aliphatic carbocycles. The highest BCUT2D eigenvalue weighted by molar-refractivity contribution is 5.66. The first-order chi connectivity index (χ1) is 62.3. The number of aromatic nitrogens is 8. The van der Waals surface area contributed by atoms with E-state index in [1.165, 1.54) is 7.05 Å². The van der Waals surface area contributed by atoms with Gasteiger partial charge in [-0.2, -0.15) is 105 Å². The third-order valence-electron chi connectivity index (χ3n) is 19.6. The fourth-order valence-corrected chi connectivity index (χ4v) is 12.2.